The number of carbonyl (C=O) groups excluding carboxylic acids is 1. The van der Waals surface area contributed by atoms with Crippen molar-refractivity contribution in [1.29, 1.82) is 0 Å². The van der Waals surface area contributed by atoms with Gasteiger partial charge in [-0.15, -0.1) is 11.3 Å². The zero-order valence-corrected chi connectivity index (χ0v) is 15.8. The van der Waals surface area contributed by atoms with Gasteiger partial charge in [-0.1, -0.05) is 12.1 Å². The molecular weight excluding hydrogens is 344 g/mol. The molecule has 1 saturated heterocycles. The summed E-state index contributed by atoms with van der Waals surface area (Å²) in [6.07, 6.45) is 1.84. The second-order valence-corrected chi connectivity index (χ2v) is 8.05. The first-order valence-corrected chi connectivity index (χ1v) is 9.77. The van der Waals surface area contributed by atoms with Gasteiger partial charge in [0.25, 0.3) is 5.91 Å². The second kappa shape index (κ2) is 7.03. The zero-order chi connectivity index (χ0) is 18.1. The van der Waals surface area contributed by atoms with Crippen molar-refractivity contribution in [2.75, 3.05) is 18.0 Å². The van der Waals surface area contributed by atoms with Crippen LogP contribution in [-0.4, -0.2) is 35.0 Å². The maximum absolute atomic E-state index is 12.3. The Hall–Kier alpha value is -2.47. The SMILES string of the molecule is Cc1ccc(C(=O)NC2CCN(c3nc4ccccc4nc3C)CC2)s1. The summed E-state index contributed by atoms with van der Waals surface area (Å²) in [7, 11) is 0. The Bertz CT molecular complexity index is 944. The Morgan fingerprint density at radius 2 is 1.77 bits per heavy atom. The second-order valence-electron chi connectivity index (χ2n) is 6.77. The summed E-state index contributed by atoms with van der Waals surface area (Å²) in [6, 6.07) is 12.1. The van der Waals surface area contributed by atoms with Gasteiger partial charge in [0.05, 0.1) is 21.6 Å². The smallest absolute Gasteiger partial charge is 0.261 e. The number of fused-ring (bicyclic) bond motifs is 1. The molecule has 0 aliphatic carbocycles. The summed E-state index contributed by atoms with van der Waals surface area (Å²) in [5, 5.41) is 3.17. The highest BCUT2D eigenvalue weighted by Gasteiger charge is 2.24. The number of carbonyl (C=O) groups is 1. The van der Waals surface area contributed by atoms with Crippen LogP contribution in [0.15, 0.2) is 36.4 Å². The van der Waals surface area contributed by atoms with Crippen molar-refractivity contribution in [2.24, 2.45) is 0 Å². The van der Waals surface area contributed by atoms with E-state index in [1.165, 1.54) is 0 Å². The lowest BCUT2D eigenvalue weighted by molar-refractivity contribution is 0.0935. The number of hydrogen-bond acceptors (Lipinski definition) is 5. The first kappa shape index (κ1) is 17.0. The van der Waals surface area contributed by atoms with E-state index < -0.39 is 0 Å². The molecule has 3 aromatic rings. The van der Waals surface area contributed by atoms with Crippen molar-refractivity contribution in [1.82, 2.24) is 15.3 Å². The summed E-state index contributed by atoms with van der Waals surface area (Å²) < 4.78 is 0. The fourth-order valence-electron chi connectivity index (χ4n) is 3.43. The van der Waals surface area contributed by atoms with E-state index in [0.29, 0.717) is 0 Å². The van der Waals surface area contributed by atoms with Crippen LogP contribution in [0, 0.1) is 13.8 Å². The molecule has 1 amide bonds. The summed E-state index contributed by atoms with van der Waals surface area (Å²) in [4.78, 5) is 26.1. The molecule has 2 aromatic heterocycles. The number of hydrogen-bond donors (Lipinski definition) is 1. The molecule has 3 heterocycles. The van der Waals surface area contributed by atoms with Crippen molar-refractivity contribution < 1.29 is 4.79 Å². The van der Waals surface area contributed by atoms with E-state index in [2.05, 4.69) is 15.2 Å². The molecule has 1 N–H and O–H groups in total. The van der Waals surface area contributed by atoms with E-state index >= 15 is 0 Å². The molecule has 0 bridgehead atoms. The van der Waals surface area contributed by atoms with Crippen LogP contribution < -0.4 is 10.2 Å². The van der Waals surface area contributed by atoms with Gasteiger partial charge in [0.2, 0.25) is 0 Å². The number of para-hydroxylation sites is 2. The van der Waals surface area contributed by atoms with Crippen molar-refractivity contribution >= 4 is 34.1 Å². The molecule has 1 aromatic carbocycles. The van der Waals surface area contributed by atoms with Gasteiger partial charge in [0.1, 0.15) is 0 Å². The van der Waals surface area contributed by atoms with Crippen LogP contribution in [0.5, 0.6) is 0 Å². The molecule has 1 aliphatic heterocycles. The molecule has 0 spiro atoms. The Labute approximate surface area is 157 Å². The van der Waals surface area contributed by atoms with E-state index in [9.17, 15) is 4.79 Å². The molecule has 6 heteroatoms. The molecular formula is C20H22N4OS. The molecule has 4 rings (SSSR count). The summed E-state index contributed by atoms with van der Waals surface area (Å²) in [5.41, 5.74) is 2.82. The van der Waals surface area contributed by atoms with E-state index in [1.54, 1.807) is 11.3 Å². The number of nitrogens with zero attached hydrogens (tertiary/aromatic N) is 3. The monoisotopic (exact) mass is 366 g/mol. The number of rotatable bonds is 3. The fourth-order valence-corrected chi connectivity index (χ4v) is 4.20. The van der Waals surface area contributed by atoms with Crippen LogP contribution in [0.25, 0.3) is 11.0 Å². The predicted molar refractivity (Wildman–Crippen MR) is 106 cm³/mol. The first-order valence-electron chi connectivity index (χ1n) is 8.96. The van der Waals surface area contributed by atoms with E-state index in [-0.39, 0.29) is 11.9 Å². The Morgan fingerprint density at radius 1 is 1.08 bits per heavy atom. The number of piperidine rings is 1. The van der Waals surface area contributed by atoms with E-state index in [0.717, 1.165) is 58.2 Å². The van der Waals surface area contributed by atoms with Crippen LogP contribution in [0.1, 0.15) is 33.1 Å². The predicted octanol–water partition coefficient (Wildman–Crippen LogP) is 3.71. The van der Waals surface area contributed by atoms with Gasteiger partial charge in [-0.25, -0.2) is 9.97 Å². The lowest BCUT2D eigenvalue weighted by Gasteiger charge is -2.33. The lowest BCUT2D eigenvalue weighted by Crippen LogP contribution is -2.45. The summed E-state index contributed by atoms with van der Waals surface area (Å²) >= 11 is 1.54. The number of thiophene rings is 1. The number of benzene rings is 1. The Kier molecular flexibility index (Phi) is 4.59. The molecule has 0 atom stereocenters. The van der Waals surface area contributed by atoms with Crippen molar-refractivity contribution in [3.05, 3.63) is 51.8 Å². The quantitative estimate of drug-likeness (QED) is 0.768. The molecule has 0 radical (unpaired) electrons. The highest BCUT2D eigenvalue weighted by Crippen LogP contribution is 2.24. The minimum Gasteiger partial charge on any atom is -0.355 e. The number of amides is 1. The van der Waals surface area contributed by atoms with Crippen molar-refractivity contribution in [3.63, 3.8) is 0 Å². The van der Waals surface area contributed by atoms with E-state index in [4.69, 9.17) is 4.98 Å². The molecule has 1 fully saturated rings. The molecule has 5 nitrogen and oxygen atoms in total. The number of nitrogens with one attached hydrogen (secondary N) is 1. The van der Waals surface area contributed by atoms with Crippen LogP contribution in [0.2, 0.25) is 0 Å². The highest BCUT2D eigenvalue weighted by molar-refractivity contribution is 7.13. The molecule has 0 saturated carbocycles. The number of anilines is 1. The maximum atomic E-state index is 12.3. The molecule has 134 valence electrons. The van der Waals surface area contributed by atoms with Crippen LogP contribution in [-0.2, 0) is 0 Å². The average molecular weight is 366 g/mol. The molecule has 1 aliphatic rings. The molecule has 26 heavy (non-hydrogen) atoms. The zero-order valence-electron chi connectivity index (χ0n) is 15.0. The van der Waals surface area contributed by atoms with Crippen LogP contribution >= 0.6 is 11.3 Å². The third-order valence-corrected chi connectivity index (χ3v) is 5.81. The average Bonchev–Trinajstić information content (AvgIpc) is 3.08. The van der Waals surface area contributed by atoms with Crippen molar-refractivity contribution in [3.8, 4) is 0 Å². The number of aromatic nitrogens is 2. The van der Waals surface area contributed by atoms with Gasteiger partial charge in [-0.2, -0.15) is 0 Å². The third kappa shape index (κ3) is 3.42. The van der Waals surface area contributed by atoms with Crippen LogP contribution in [0.4, 0.5) is 5.82 Å². The Balaban J connectivity index is 1.42. The van der Waals surface area contributed by atoms with Gasteiger partial charge >= 0.3 is 0 Å². The lowest BCUT2D eigenvalue weighted by atomic mass is 10.0. The van der Waals surface area contributed by atoms with Crippen molar-refractivity contribution in [2.45, 2.75) is 32.7 Å². The Morgan fingerprint density at radius 3 is 2.42 bits per heavy atom. The summed E-state index contributed by atoms with van der Waals surface area (Å²) in [6.45, 7) is 5.79. The fraction of sp³-hybridized carbons (Fsp3) is 0.350. The topological polar surface area (TPSA) is 58.1 Å². The van der Waals surface area contributed by atoms with Crippen LogP contribution in [0.3, 0.4) is 0 Å². The maximum Gasteiger partial charge on any atom is 0.261 e. The van der Waals surface area contributed by atoms with Gasteiger partial charge in [-0.3, -0.25) is 4.79 Å². The largest absolute Gasteiger partial charge is 0.355 e. The van der Waals surface area contributed by atoms with Gasteiger partial charge in [-0.05, 0) is 51.0 Å². The van der Waals surface area contributed by atoms with E-state index in [1.807, 2.05) is 50.2 Å². The first-order chi connectivity index (χ1) is 12.6. The third-order valence-electron chi connectivity index (χ3n) is 4.81. The summed E-state index contributed by atoms with van der Waals surface area (Å²) in [5.74, 6) is 1.01. The van der Waals surface area contributed by atoms with Gasteiger partial charge in [0, 0.05) is 24.0 Å². The standard InChI is InChI=1S/C20H22N4OS/c1-13-7-8-18(26-13)20(25)22-15-9-11-24(12-10-15)19-14(2)21-16-5-3-4-6-17(16)23-19/h3-8,15H,9-12H2,1-2H3,(H,22,25). The number of aryl methyl sites for hydroxylation is 2. The van der Waals surface area contributed by atoms with Gasteiger partial charge < -0.3 is 10.2 Å². The van der Waals surface area contributed by atoms with Gasteiger partial charge in [0.15, 0.2) is 5.82 Å². The highest BCUT2D eigenvalue weighted by atomic mass is 32.1. The minimum atomic E-state index is 0.0447. The minimum absolute atomic E-state index is 0.0447. The molecule has 0 unspecified atom stereocenters. The normalized spacial score (nSPS) is 15.4.